The second-order valence-electron chi connectivity index (χ2n) is 7.90. The van der Waals surface area contributed by atoms with Crippen molar-refractivity contribution in [3.63, 3.8) is 0 Å². The predicted molar refractivity (Wildman–Crippen MR) is 108 cm³/mol. The van der Waals surface area contributed by atoms with Crippen LogP contribution in [0.4, 0.5) is 5.69 Å². The van der Waals surface area contributed by atoms with Crippen molar-refractivity contribution in [3.8, 4) is 0 Å². The summed E-state index contributed by atoms with van der Waals surface area (Å²) in [5.74, 6) is 0.403. The Labute approximate surface area is 164 Å². The zero-order chi connectivity index (χ0) is 19.7. The summed E-state index contributed by atoms with van der Waals surface area (Å²) < 4.78 is 7.53. The van der Waals surface area contributed by atoms with E-state index in [-0.39, 0.29) is 5.91 Å². The highest BCUT2D eigenvalue weighted by atomic mass is 16.5. The lowest BCUT2D eigenvalue weighted by molar-refractivity contribution is 0.101. The molecule has 2 aromatic heterocycles. The molecule has 1 aromatic carbocycles. The van der Waals surface area contributed by atoms with Crippen LogP contribution in [0, 0.1) is 6.92 Å². The van der Waals surface area contributed by atoms with Crippen LogP contribution in [-0.4, -0.2) is 39.6 Å². The first-order valence-corrected chi connectivity index (χ1v) is 9.90. The molecule has 0 radical (unpaired) electrons. The second kappa shape index (κ2) is 7.75. The van der Waals surface area contributed by atoms with Crippen LogP contribution < -0.4 is 5.32 Å². The summed E-state index contributed by atoms with van der Waals surface area (Å²) in [5.41, 5.74) is 3.87. The summed E-state index contributed by atoms with van der Waals surface area (Å²) in [6, 6.07) is 6.43. The quantitative estimate of drug-likeness (QED) is 0.718. The molecule has 1 aliphatic carbocycles. The van der Waals surface area contributed by atoms with Crippen LogP contribution in [0.25, 0.3) is 11.0 Å². The van der Waals surface area contributed by atoms with Gasteiger partial charge in [0.2, 0.25) is 0 Å². The van der Waals surface area contributed by atoms with Gasteiger partial charge >= 0.3 is 0 Å². The fourth-order valence-corrected chi connectivity index (χ4v) is 4.02. The van der Waals surface area contributed by atoms with Gasteiger partial charge in [0, 0.05) is 23.8 Å². The Hall–Kier alpha value is -2.67. The lowest BCUT2D eigenvalue weighted by Gasteiger charge is -2.23. The van der Waals surface area contributed by atoms with E-state index in [4.69, 9.17) is 4.52 Å². The van der Waals surface area contributed by atoms with Crippen molar-refractivity contribution in [1.82, 2.24) is 19.6 Å². The summed E-state index contributed by atoms with van der Waals surface area (Å²) >= 11 is 0. The van der Waals surface area contributed by atoms with Gasteiger partial charge in [0.15, 0.2) is 5.69 Å². The van der Waals surface area contributed by atoms with Crippen LogP contribution in [0.5, 0.6) is 0 Å². The molecule has 0 aliphatic heterocycles. The van der Waals surface area contributed by atoms with Gasteiger partial charge in [0.05, 0.1) is 17.4 Å². The Balaban J connectivity index is 1.55. The van der Waals surface area contributed by atoms with Crippen molar-refractivity contribution >= 4 is 22.6 Å². The summed E-state index contributed by atoms with van der Waals surface area (Å²) in [6.07, 6.45) is 8.25. The van der Waals surface area contributed by atoms with E-state index in [1.165, 1.54) is 32.1 Å². The normalized spacial score (nSPS) is 15.4. The van der Waals surface area contributed by atoms with Gasteiger partial charge in [-0.15, -0.1) is 0 Å². The van der Waals surface area contributed by atoms with Crippen LogP contribution in [-0.2, 0) is 6.54 Å². The first-order chi connectivity index (χ1) is 13.5. The van der Waals surface area contributed by atoms with Crippen molar-refractivity contribution in [2.75, 3.05) is 19.4 Å². The van der Waals surface area contributed by atoms with E-state index in [0.29, 0.717) is 29.7 Å². The third kappa shape index (κ3) is 3.67. The first-order valence-electron chi connectivity index (χ1n) is 9.90. The first kappa shape index (κ1) is 18.7. The molecule has 1 fully saturated rings. The average molecular weight is 381 g/mol. The standard InChI is InChI=1S/C21H27N5O2/c1-14-17(12-25(2)3)20(24-28-14)21(27)23-15-9-10-19-18(11-15)22-13-26(19)16-7-5-4-6-8-16/h9-11,13,16H,4-8,12H2,1-3H3,(H,23,27). The zero-order valence-corrected chi connectivity index (χ0v) is 16.7. The number of aromatic nitrogens is 3. The van der Waals surface area contributed by atoms with Crippen LogP contribution in [0.1, 0.15) is 60.0 Å². The highest BCUT2D eigenvalue weighted by Crippen LogP contribution is 2.31. The fourth-order valence-electron chi connectivity index (χ4n) is 4.02. The number of nitrogens with zero attached hydrogens (tertiary/aromatic N) is 4. The molecule has 0 atom stereocenters. The number of rotatable bonds is 5. The van der Waals surface area contributed by atoms with E-state index in [9.17, 15) is 4.79 Å². The minimum Gasteiger partial charge on any atom is -0.361 e. The number of hydrogen-bond acceptors (Lipinski definition) is 5. The molecule has 7 nitrogen and oxygen atoms in total. The van der Waals surface area contributed by atoms with Gasteiger partial charge in [-0.2, -0.15) is 0 Å². The van der Waals surface area contributed by atoms with Gasteiger partial charge in [-0.25, -0.2) is 4.98 Å². The third-order valence-corrected chi connectivity index (χ3v) is 5.47. The van der Waals surface area contributed by atoms with Gasteiger partial charge in [-0.1, -0.05) is 24.4 Å². The second-order valence-corrected chi connectivity index (χ2v) is 7.90. The maximum absolute atomic E-state index is 12.7. The maximum Gasteiger partial charge on any atom is 0.278 e. The predicted octanol–water partition coefficient (Wildman–Crippen LogP) is 4.15. The summed E-state index contributed by atoms with van der Waals surface area (Å²) in [6.45, 7) is 2.43. The van der Waals surface area contributed by atoms with Gasteiger partial charge in [0.1, 0.15) is 5.76 Å². The molecule has 1 amide bonds. The number of hydrogen-bond donors (Lipinski definition) is 1. The van der Waals surface area contributed by atoms with Crippen molar-refractivity contribution in [1.29, 1.82) is 0 Å². The van der Waals surface area contributed by atoms with E-state index in [1.807, 2.05) is 50.4 Å². The van der Waals surface area contributed by atoms with E-state index < -0.39 is 0 Å². The lowest BCUT2D eigenvalue weighted by Crippen LogP contribution is -2.18. The van der Waals surface area contributed by atoms with Gasteiger partial charge in [-0.3, -0.25) is 4.79 Å². The zero-order valence-electron chi connectivity index (χ0n) is 16.7. The van der Waals surface area contributed by atoms with Crippen molar-refractivity contribution in [2.45, 2.75) is 51.6 Å². The number of imidazole rings is 1. The Bertz CT molecular complexity index is 982. The van der Waals surface area contributed by atoms with Crippen molar-refractivity contribution < 1.29 is 9.32 Å². The summed E-state index contributed by atoms with van der Waals surface area (Å²) in [4.78, 5) is 19.3. The highest BCUT2D eigenvalue weighted by Gasteiger charge is 2.21. The van der Waals surface area contributed by atoms with Crippen LogP contribution in [0.3, 0.4) is 0 Å². The Morgan fingerprint density at radius 1 is 1.29 bits per heavy atom. The molecular weight excluding hydrogens is 354 g/mol. The molecule has 4 rings (SSSR count). The molecular formula is C21H27N5O2. The fraction of sp³-hybridized carbons (Fsp3) is 0.476. The molecule has 0 bridgehead atoms. The molecule has 7 heteroatoms. The number of nitrogens with one attached hydrogen (secondary N) is 1. The Kier molecular flexibility index (Phi) is 5.17. The topological polar surface area (TPSA) is 76.2 Å². The molecule has 0 saturated heterocycles. The summed E-state index contributed by atoms with van der Waals surface area (Å²) in [7, 11) is 3.90. The molecule has 3 aromatic rings. The molecule has 2 heterocycles. The number of fused-ring (bicyclic) bond motifs is 1. The monoisotopic (exact) mass is 381 g/mol. The lowest BCUT2D eigenvalue weighted by atomic mass is 9.95. The molecule has 1 aliphatic rings. The smallest absolute Gasteiger partial charge is 0.278 e. The van der Waals surface area contributed by atoms with Gasteiger partial charge < -0.3 is 19.3 Å². The number of benzene rings is 1. The molecule has 1 N–H and O–H groups in total. The molecule has 28 heavy (non-hydrogen) atoms. The maximum atomic E-state index is 12.7. The van der Waals surface area contributed by atoms with E-state index in [2.05, 4.69) is 20.0 Å². The van der Waals surface area contributed by atoms with E-state index in [1.54, 1.807) is 0 Å². The molecule has 0 spiro atoms. The third-order valence-electron chi connectivity index (χ3n) is 5.47. The summed E-state index contributed by atoms with van der Waals surface area (Å²) in [5, 5.41) is 6.90. The molecule has 1 saturated carbocycles. The average Bonchev–Trinajstić information content (AvgIpc) is 3.26. The number of carbonyl (C=O) groups is 1. The number of amides is 1. The van der Waals surface area contributed by atoms with Gasteiger partial charge in [0.25, 0.3) is 5.91 Å². The molecule has 148 valence electrons. The van der Waals surface area contributed by atoms with Crippen LogP contribution in [0.15, 0.2) is 29.0 Å². The van der Waals surface area contributed by atoms with Crippen LogP contribution >= 0.6 is 0 Å². The van der Waals surface area contributed by atoms with E-state index in [0.717, 1.165) is 16.6 Å². The number of anilines is 1. The minimum absolute atomic E-state index is 0.264. The Morgan fingerprint density at radius 2 is 2.07 bits per heavy atom. The molecule has 0 unspecified atom stereocenters. The van der Waals surface area contributed by atoms with Crippen molar-refractivity contribution in [3.05, 3.63) is 41.5 Å². The highest BCUT2D eigenvalue weighted by molar-refractivity contribution is 6.04. The van der Waals surface area contributed by atoms with Crippen LogP contribution in [0.2, 0.25) is 0 Å². The number of aryl methyl sites for hydroxylation is 1. The van der Waals surface area contributed by atoms with E-state index >= 15 is 0 Å². The SMILES string of the molecule is Cc1onc(C(=O)Nc2ccc3c(c2)ncn3C2CCCCC2)c1CN(C)C. The van der Waals surface area contributed by atoms with Gasteiger partial charge in [-0.05, 0) is 52.1 Å². The number of carbonyl (C=O) groups excluding carboxylic acids is 1. The largest absolute Gasteiger partial charge is 0.361 e. The minimum atomic E-state index is -0.264. The van der Waals surface area contributed by atoms with Crippen molar-refractivity contribution in [2.24, 2.45) is 0 Å². The Morgan fingerprint density at radius 3 is 2.82 bits per heavy atom.